The molecular formula is C8H18N2O2. The van der Waals surface area contributed by atoms with E-state index in [4.69, 9.17) is 5.11 Å². The minimum atomic E-state index is -0.206. The number of nitrogens with zero attached hydrogens (tertiary/aromatic N) is 1. The van der Waals surface area contributed by atoms with E-state index in [1.165, 1.54) is 0 Å². The smallest absolute Gasteiger partial charge is 0.239 e. The normalized spacial score (nSPS) is 12.7. The first-order valence-electron chi connectivity index (χ1n) is 4.22. The van der Waals surface area contributed by atoms with Crippen LogP contribution in [-0.4, -0.2) is 48.7 Å². The molecule has 0 aliphatic rings. The van der Waals surface area contributed by atoms with Gasteiger partial charge in [0.25, 0.3) is 0 Å². The lowest BCUT2D eigenvalue weighted by atomic mass is 10.3. The van der Waals surface area contributed by atoms with Crippen molar-refractivity contribution < 1.29 is 9.90 Å². The van der Waals surface area contributed by atoms with Crippen LogP contribution in [0.4, 0.5) is 0 Å². The predicted octanol–water partition coefficient (Wildman–Crippen LogP) is -0.565. The van der Waals surface area contributed by atoms with Crippen LogP contribution in [0.15, 0.2) is 0 Å². The van der Waals surface area contributed by atoms with Crippen LogP contribution in [0.2, 0.25) is 0 Å². The van der Waals surface area contributed by atoms with Gasteiger partial charge in [-0.3, -0.25) is 4.79 Å². The van der Waals surface area contributed by atoms with Crippen molar-refractivity contribution in [3.63, 3.8) is 0 Å². The zero-order valence-electron chi connectivity index (χ0n) is 8.00. The van der Waals surface area contributed by atoms with Gasteiger partial charge in [0.05, 0.1) is 12.6 Å². The van der Waals surface area contributed by atoms with Gasteiger partial charge in [-0.15, -0.1) is 0 Å². The summed E-state index contributed by atoms with van der Waals surface area (Å²) in [6, 6.07) is -0.206. The van der Waals surface area contributed by atoms with Crippen molar-refractivity contribution in [1.82, 2.24) is 10.2 Å². The average molecular weight is 174 g/mol. The maximum absolute atomic E-state index is 11.4. The molecule has 12 heavy (non-hydrogen) atoms. The van der Waals surface area contributed by atoms with Crippen LogP contribution < -0.4 is 5.32 Å². The lowest BCUT2D eigenvalue weighted by molar-refractivity contribution is -0.131. The summed E-state index contributed by atoms with van der Waals surface area (Å²) in [6.07, 6.45) is 0. The van der Waals surface area contributed by atoms with Gasteiger partial charge in [-0.05, 0) is 13.8 Å². The van der Waals surface area contributed by atoms with E-state index >= 15 is 0 Å². The van der Waals surface area contributed by atoms with Crippen LogP contribution in [0.3, 0.4) is 0 Å². The molecule has 0 saturated carbocycles. The lowest BCUT2D eigenvalue weighted by Gasteiger charge is -2.20. The Balaban J connectivity index is 3.75. The summed E-state index contributed by atoms with van der Waals surface area (Å²) in [6.45, 7) is 4.96. The Morgan fingerprint density at radius 2 is 2.25 bits per heavy atom. The second-order valence-electron chi connectivity index (χ2n) is 2.75. The number of amides is 1. The Morgan fingerprint density at radius 1 is 1.67 bits per heavy atom. The number of aliphatic hydroxyl groups is 1. The number of likely N-dealkylation sites (N-methyl/N-ethyl adjacent to an activating group) is 1. The van der Waals surface area contributed by atoms with Crippen molar-refractivity contribution in [3.05, 3.63) is 0 Å². The maximum atomic E-state index is 11.4. The molecule has 4 heteroatoms. The number of hydrogen-bond donors (Lipinski definition) is 2. The minimum absolute atomic E-state index is 0.0611. The van der Waals surface area contributed by atoms with Crippen molar-refractivity contribution in [3.8, 4) is 0 Å². The summed E-state index contributed by atoms with van der Waals surface area (Å²) in [7, 11) is 1.76. The zero-order chi connectivity index (χ0) is 9.56. The molecule has 0 fully saturated rings. The molecule has 0 heterocycles. The molecule has 0 aliphatic heterocycles. The third kappa shape index (κ3) is 3.69. The fourth-order valence-corrected chi connectivity index (χ4v) is 0.855. The molecule has 2 N–H and O–H groups in total. The Labute approximate surface area is 73.6 Å². The second-order valence-corrected chi connectivity index (χ2v) is 2.75. The number of hydrogen-bond acceptors (Lipinski definition) is 3. The van der Waals surface area contributed by atoms with E-state index in [1.54, 1.807) is 18.9 Å². The number of carbonyl (C=O) groups excluding carboxylic acids is 1. The van der Waals surface area contributed by atoms with Crippen molar-refractivity contribution in [2.45, 2.75) is 19.9 Å². The molecule has 4 nitrogen and oxygen atoms in total. The third-order valence-corrected chi connectivity index (χ3v) is 1.78. The topological polar surface area (TPSA) is 52.6 Å². The summed E-state index contributed by atoms with van der Waals surface area (Å²) in [5, 5.41) is 11.4. The van der Waals surface area contributed by atoms with E-state index in [-0.39, 0.29) is 18.6 Å². The molecule has 0 rings (SSSR count). The van der Waals surface area contributed by atoms with Gasteiger partial charge in [-0.1, -0.05) is 0 Å². The van der Waals surface area contributed by atoms with Crippen molar-refractivity contribution >= 4 is 5.91 Å². The molecule has 0 aromatic rings. The van der Waals surface area contributed by atoms with Crippen LogP contribution in [0.1, 0.15) is 13.8 Å². The van der Waals surface area contributed by atoms with Crippen molar-refractivity contribution in [2.24, 2.45) is 0 Å². The summed E-state index contributed by atoms with van der Waals surface area (Å²) in [4.78, 5) is 13.0. The molecular weight excluding hydrogens is 156 g/mol. The van der Waals surface area contributed by atoms with Crippen LogP contribution in [-0.2, 0) is 4.79 Å². The van der Waals surface area contributed by atoms with E-state index in [1.807, 2.05) is 6.92 Å². The maximum Gasteiger partial charge on any atom is 0.239 e. The van der Waals surface area contributed by atoms with Gasteiger partial charge in [0.1, 0.15) is 0 Å². The first-order valence-corrected chi connectivity index (χ1v) is 4.22. The Bertz CT molecular complexity index is 139. The average Bonchev–Trinajstić information content (AvgIpc) is 2.11. The molecule has 0 radical (unpaired) electrons. The van der Waals surface area contributed by atoms with E-state index in [9.17, 15) is 4.79 Å². The van der Waals surface area contributed by atoms with Crippen LogP contribution in [0.5, 0.6) is 0 Å². The summed E-state index contributed by atoms with van der Waals surface area (Å²) >= 11 is 0. The first-order chi connectivity index (χ1) is 5.63. The monoisotopic (exact) mass is 174 g/mol. The quantitative estimate of drug-likeness (QED) is 0.587. The molecule has 72 valence electrons. The largest absolute Gasteiger partial charge is 0.395 e. The molecule has 1 amide bonds. The van der Waals surface area contributed by atoms with E-state index in [0.717, 1.165) is 0 Å². The van der Waals surface area contributed by atoms with Crippen LogP contribution in [0, 0.1) is 0 Å². The van der Waals surface area contributed by atoms with E-state index in [2.05, 4.69) is 5.32 Å². The summed E-state index contributed by atoms with van der Waals surface area (Å²) in [5.41, 5.74) is 0. The highest BCUT2D eigenvalue weighted by molar-refractivity contribution is 5.81. The van der Waals surface area contributed by atoms with E-state index < -0.39 is 0 Å². The fraction of sp³-hybridized carbons (Fsp3) is 0.875. The second kappa shape index (κ2) is 5.97. The van der Waals surface area contributed by atoms with Gasteiger partial charge in [-0.25, -0.2) is 0 Å². The molecule has 1 atom stereocenters. The molecule has 1 unspecified atom stereocenters. The van der Waals surface area contributed by atoms with Crippen LogP contribution >= 0.6 is 0 Å². The van der Waals surface area contributed by atoms with Gasteiger partial charge >= 0.3 is 0 Å². The third-order valence-electron chi connectivity index (χ3n) is 1.78. The van der Waals surface area contributed by atoms with Gasteiger partial charge in [0.2, 0.25) is 5.91 Å². The highest BCUT2D eigenvalue weighted by Gasteiger charge is 2.14. The molecule has 0 saturated heterocycles. The Morgan fingerprint density at radius 3 is 2.67 bits per heavy atom. The number of carbonyl (C=O) groups is 1. The van der Waals surface area contributed by atoms with Gasteiger partial charge < -0.3 is 15.3 Å². The number of rotatable bonds is 5. The highest BCUT2D eigenvalue weighted by atomic mass is 16.3. The van der Waals surface area contributed by atoms with Gasteiger partial charge in [-0.2, -0.15) is 0 Å². The van der Waals surface area contributed by atoms with Gasteiger partial charge in [0.15, 0.2) is 0 Å². The highest BCUT2D eigenvalue weighted by Crippen LogP contribution is 1.90. The minimum Gasteiger partial charge on any atom is -0.395 e. The predicted molar refractivity (Wildman–Crippen MR) is 47.9 cm³/mol. The SMILES string of the molecule is CCN(C)C(=O)C(C)NCCO. The summed E-state index contributed by atoms with van der Waals surface area (Å²) < 4.78 is 0. The first kappa shape index (κ1) is 11.4. The number of aliphatic hydroxyl groups excluding tert-OH is 1. The fourth-order valence-electron chi connectivity index (χ4n) is 0.855. The molecule has 0 bridgehead atoms. The lowest BCUT2D eigenvalue weighted by Crippen LogP contribution is -2.43. The Kier molecular flexibility index (Phi) is 5.66. The van der Waals surface area contributed by atoms with Crippen molar-refractivity contribution in [1.29, 1.82) is 0 Å². The molecule has 0 aromatic carbocycles. The van der Waals surface area contributed by atoms with Crippen LogP contribution in [0.25, 0.3) is 0 Å². The number of nitrogens with one attached hydrogen (secondary N) is 1. The zero-order valence-corrected chi connectivity index (χ0v) is 8.00. The summed E-state index contributed by atoms with van der Waals surface area (Å²) in [5.74, 6) is 0.0611. The van der Waals surface area contributed by atoms with Gasteiger partial charge in [0, 0.05) is 20.1 Å². The van der Waals surface area contributed by atoms with E-state index in [0.29, 0.717) is 13.1 Å². The molecule has 0 spiro atoms. The Hall–Kier alpha value is -0.610. The van der Waals surface area contributed by atoms with Crippen molar-refractivity contribution in [2.75, 3.05) is 26.7 Å². The standard InChI is InChI=1S/C8H18N2O2/c1-4-10(3)8(12)7(2)9-5-6-11/h7,9,11H,4-6H2,1-3H3. The molecule has 0 aromatic heterocycles. The molecule has 0 aliphatic carbocycles.